The highest BCUT2D eigenvalue weighted by Crippen LogP contribution is 2.33. The summed E-state index contributed by atoms with van der Waals surface area (Å²) in [5.41, 5.74) is 6.34. The zero-order chi connectivity index (χ0) is 13.7. The monoisotopic (exact) mass is 263 g/mol. The van der Waals surface area contributed by atoms with Crippen molar-refractivity contribution >= 4 is 0 Å². The third kappa shape index (κ3) is 3.82. The fraction of sp³-hybridized carbons (Fsp3) is 0.812. The summed E-state index contributed by atoms with van der Waals surface area (Å²) in [5.74, 6) is 2.76. The van der Waals surface area contributed by atoms with Gasteiger partial charge in [-0.25, -0.2) is 4.98 Å². The van der Waals surface area contributed by atoms with Crippen molar-refractivity contribution in [3.05, 3.63) is 18.2 Å². The van der Waals surface area contributed by atoms with Crippen LogP contribution in [0, 0.1) is 11.8 Å². The van der Waals surface area contributed by atoms with Gasteiger partial charge in [0.05, 0.1) is 0 Å². The maximum absolute atomic E-state index is 6.34. The van der Waals surface area contributed by atoms with Crippen LogP contribution >= 0.6 is 0 Å². The number of nitrogens with zero attached hydrogens (tertiary/aromatic N) is 2. The molecule has 1 aliphatic carbocycles. The number of hydrogen-bond acceptors (Lipinski definition) is 2. The number of imidazole rings is 1. The third-order valence-corrected chi connectivity index (χ3v) is 4.56. The van der Waals surface area contributed by atoms with Crippen LogP contribution in [-0.2, 0) is 13.0 Å². The molecule has 0 radical (unpaired) electrons. The minimum absolute atomic E-state index is 0.375. The van der Waals surface area contributed by atoms with Gasteiger partial charge < -0.3 is 10.3 Å². The molecule has 0 amide bonds. The largest absolute Gasteiger partial charge is 0.335 e. The molecule has 3 unspecified atom stereocenters. The van der Waals surface area contributed by atoms with Crippen LogP contribution in [0.4, 0.5) is 0 Å². The van der Waals surface area contributed by atoms with Crippen molar-refractivity contribution in [3.63, 3.8) is 0 Å². The van der Waals surface area contributed by atoms with Gasteiger partial charge in [-0.05, 0) is 37.5 Å². The van der Waals surface area contributed by atoms with Gasteiger partial charge in [0, 0.05) is 31.4 Å². The van der Waals surface area contributed by atoms with E-state index in [9.17, 15) is 0 Å². The van der Waals surface area contributed by atoms with Crippen molar-refractivity contribution in [3.8, 4) is 0 Å². The van der Waals surface area contributed by atoms with Crippen molar-refractivity contribution < 1.29 is 0 Å². The van der Waals surface area contributed by atoms with Crippen molar-refractivity contribution in [1.29, 1.82) is 0 Å². The molecule has 108 valence electrons. The average Bonchev–Trinajstić information content (AvgIpc) is 2.82. The van der Waals surface area contributed by atoms with E-state index in [1.165, 1.54) is 44.3 Å². The van der Waals surface area contributed by atoms with Crippen LogP contribution < -0.4 is 5.73 Å². The molecule has 0 aromatic carbocycles. The normalized spacial score (nSPS) is 27.6. The topological polar surface area (TPSA) is 43.8 Å². The number of nitrogens with two attached hydrogens (primary N) is 1. The molecule has 19 heavy (non-hydrogen) atoms. The van der Waals surface area contributed by atoms with Gasteiger partial charge in [-0.3, -0.25) is 0 Å². The molecule has 1 heterocycles. The van der Waals surface area contributed by atoms with Gasteiger partial charge in [0.1, 0.15) is 5.82 Å². The van der Waals surface area contributed by atoms with Gasteiger partial charge in [-0.2, -0.15) is 0 Å². The van der Waals surface area contributed by atoms with Gasteiger partial charge in [0.2, 0.25) is 0 Å². The van der Waals surface area contributed by atoms with Gasteiger partial charge in [-0.15, -0.1) is 0 Å². The van der Waals surface area contributed by atoms with Gasteiger partial charge >= 0.3 is 0 Å². The molecular formula is C16H29N3. The van der Waals surface area contributed by atoms with E-state index >= 15 is 0 Å². The first-order valence-corrected chi connectivity index (χ1v) is 8.00. The molecule has 1 aliphatic rings. The van der Waals surface area contributed by atoms with E-state index in [1.54, 1.807) is 0 Å². The molecular weight excluding hydrogens is 234 g/mol. The lowest BCUT2D eigenvalue weighted by Gasteiger charge is -2.34. The maximum Gasteiger partial charge on any atom is 0.108 e. The van der Waals surface area contributed by atoms with Crippen molar-refractivity contribution in [2.24, 2.45) is 17.6 Å². The molecule has 0 aliphatic heterocycles. The summed E-state index contributed by atoms with van der Waals surface area (Å²) < 4.78 is 2.30. The van der Waals surface area contributed by atoms with Crippen LogP contribution in [0.15, 0.2) is 12.4 Å². The Bertz CT molecular complexity index is 372. The highest BCUT2D eigenvalue weighted by molar-refractivity contribution is 4.97. The highest BCUT2D eigenvalue weighted by Gasteiger charge is 2.28. The molecule has 0 bridgehead atoms. The third-order valence-electron chi connectivity index (χ3n) is 4.56. The number of rotatable bonds is 6. The molecule has 0 saturated heterocycles. The Labute approximate surface area is 117 Å². The molecule has 1 fully saturated rings. The van der Waals surface area contributed by atoms with Crippen molar-refractivity contribution in [1.82, 2.24) is 9.55 Å². The Balaban J connectivity index is 1.97. The lowest BCUT2D eigenvalue weighted by Crippen LogP contribution is -2.37. The fourth-order valence-corrected chi connectivity index (χ4v) is 3.50. The highest BCUT2D eigenvalue weighted by atomic mass is 15.1. The SMILES string of the molecule is CCCC1CCC(N)C(Cc2nccn2CCC)C1. The van der Waals surface area contributed by atoms with Crippen LogP contribution in [0.25, 0.3) is 0 Å². The van der Waals surface area contributed by atoms with Crippen LogP contribution in [-0.4, -0.2) is 15.6 Å². The quantitative estimate of drug-likeness (QED) is 0.855. The molecule has 3 atom stereocenters. The van der Waals surface area contributed by atoms with E-state index in [-0.39, 0.29) is 0 Å². The molecule has 2 N–H and O–H groups in total. The Morgan fingerprint density at radius 3 is 2.89 bits per heavy atom. The predicted octanol–water partition coefficient (Wildman–Crippen LogP) is 3.38. The molecule has 1 aromatic rings. The maximum atomic E-state index is 6.34. The van der Waals surface area contributed by atoms with E-state index in [1.807, 2.05) is 6.20 Å². The van der Waals surface area contributed by atoms with Crippen LogP contribution in [0.1, 0.15) is 58.2 Å². The molecule has 1 aromatic heterocycles. The molecule has 1 saturated carbocycles. The molecule has 0 spiro atoms. The smallest absolute Gasteiger partial charge is 0.108 e. The van der Waals surface area contributed by atoms with E-state index in [4.69, 9.17) is 5.73 Å². The molecule has 3 nitrogen and oxygen atoms in total. The Morgan fingerprint density at radius 1 is 1.32 bits per heavy atom. The standard InChI is InChI=1S/C16H29N3/c1-3-5-13-6-7-15(17)14(11-13)12-16-18-8-10-19(16)9-4-2/h8,10,13-15H,3-7,9,11-12,17H2,1-2H3. The minimum Gasteiger partial charge on any atom is -0.335 e. The summed E-state index contributed by atoms with van der Waals surface area (Å²) in [7, 11) is 0. The van der Waals surface area contributed by atoms with Crippen LogP contribution in [0.3, 0.4) is 0 Å². The van der Waals surface area contributed by atoms with Gasteiger partial charge in [-0.1, -0.05) is 26.7 Å². The number of aryl methyl sites for hydroxylation is 1. The molecule has 3 heteroatoms. The summed E-state index contributed by atoms with van der Waals surface area (Å²) in [6, 6.07) is 0.375. The van der Waals surface area contributed by atoms with E-state index in [0.29, 0.717) is 12.0 Å². The van der Waals surface area contributed by atoms with E-state index in [2.05, 4.69) is 29.6 Å². The first-order valence-electron chi connectivity index (χ1n) is 8.00. The second-order valence-corrected chi connectivity index (χ2v) is 6.13. The number of aromatic nitrogens is 2. The Morgan fingerprint density at radius 2 is 2.16 bits per heavy atom. The van der Waals surface area contributed by atoms with Crippen molar-refractivity contribution in [2.75, 3.05) is 0 Å². The second kappa shape index (κ2) is 7.09. The first-order chi connectivity index (χ1) is 9.24. The molecule has 2 rings (SSSR count). The van der Waals surface area contributed by atoms with Gasteiger partial charge in [0.15, 0.2) is 0 Å². The average molecular weight is 263 g/mol. The minimum atomic E-state index is 0.375. The predicted molar refractivity (Wildman–Crippen MR) is 79.9 cm³/mol. The second-order valence-electron chi connectivity index (χ2n) is 6.13. The zero-order valence-corrected chi connectivity index (χ0v) is 12.5. The summed E-state index contributed by atoms with van der Waals surface area (Å²) in [5, 5.41) is 0. The van der Waals surface area contributed by atoms with E-state index in [0.717, 1.165) is 18.9 Å². The van der Waals surface area contributed by atoms with E-state index < -0.39 is 0 Å². The lowest BCUT2D eigenvalue weighted by atomic mass is 9.75. The first kappa shape index (κ1) is 14.6. The zero-order valence-electron chi connectivity index (χ0n) is 12.5. The summed E-state index contributed by atoms with van der Waals surface area (Å²) in [4.78, 5) is 4.54. The number of hydrogen-bond donors (Lipinski definition) is 1. The Hall–Kier alpha value is -0.830. The summed E-state index contributed by atoms with van der Waals surface area (Å²) in [6.07, 6.45) is 12.8. The lowest BCUT2D eigenvalue weighted by molar-refractivity contribution is 0.218. The summed E-state index contributed by atoms with van der Waals surface area (Å²) in [6.45, 7) is 5.58. The van der Waals surface area contributed by atoms with Crippen LogP contribution in [0.5, 0.6) is 0 Å². The van der Waals surface area contributed by atoms with Crippen LogP contribution in [0.2, 0.25) is 0 Å². The fourth-order valence-electron chi connectivity index (χ4n) is 3.50. The van der Waals surface area contributed by atoms with Crippen molar-refractivity contribution in [2.45, 2.75) is 71.4 Å². The van der Waals surface area contributed by atoms with Gasteiger partial charge in [0.25, 0.3) is 0 Å². The summed E-state index contributed by atoms with van der Waals surface area (Å²) >= 11 is 0. The Kier molecular flexibility index (Phi) is 5.44.